The first kappa shape index (κ1) is 8.96. The fraction of sp³-hybridized carbons (Fsp3) is 0.846. The normalized spacial score (nSPS) is 46.6. The van der Waals surface area contributed by atoms with Crippen molar-refractivity contribution < 1.29 is 0 Å². The number of allylic oxidation sites excluding steroid dienone is 2. The maximum absolute atomic E-state index is 6.60. The lowest BCUT2D eigenvalue weighted by Crippen LogP contribution is -2.46. The third-order valence-corrected chi connectivity index (χ3v) is 4.80. The Hall–Kier alpha value is -0.300. The van der Waals surface area contributed by atoms with Crippen molar-refractivity contribution in [3.8, 4) is 0 Å². The summed E-state index contributed by atoms with van der Waals surface area (Å²) in [5.74, 6) is 2.73. The molecule has 3 rings (SSSR count). The van der Waals surface area contributed by atoms with E-state index in [0.29, 0.717) is 0 Å². The second kappa shape index (κ2) is 3.10. The van der Waals surface area contributed by atoms with E-state index < -0.39 is 0 Å². The number of rotatable bonds is 2. The smallest absolute Gasteiger partial charge is 0.0188 e. The summed E-state index contributed by atoms with van der Waals surface area (Å²) >= 11 is 0. The van der Waals surface area contributed by atoms with E-state index in [4.69, 9.17) is 5.73 Å². The van der Waals surface area contributed by atoms with E-state index in [0.717, 1.165) is 17.8 Å². The molecule has 3 aliphatic carbocycles. The molecule has 3 aliphatic rings. The van der Waals surface area contributed by atoms with Crippen LogP contribution in [-0.4, -0.2) is 5.54 Å². The predicted octanol–water partition coefficient (Wildman–Crippen LogP) is 2.86. The van der Waals surface area contributed by atoms with Crippen LogP contribution in [0.25, 0.3) is 0 Å². The minimum atomic E-state index is 0.236. The van der Waals surface area contributed by atoms with Crippen LogP contribution in [0.1, 0.15) is 44.9 Å². The second-order valence-corrected chi connectivity index (χ2v) is 5.83. The summed E-state index contributed by atoms with van der Waals surface area (Å²) in [6, 6.07) is 0. The molecule has 0 radical (unpaired) electrons. The van der Waals surface area contributed by atoms with Crippen molar-refractivity contribution in [1.29, 1.82) is 0 Å². The SMILES string of the molecule is NC1(CC2CC=CC2)CC2CCC1C2. The van der Waals surface area contributed by atoms with E-state index in [-0.39, 0.29) is 5.54 Å². The highest BCUT2D eigenvalue weighted by atomic mass is 14.8. The fourth-order valence-electron chi connectivity index (χ4n) is 4.11. The lowest BCUT2D eigenvalue weighted by Gasteiger charge is -2.36. The van der Waals surface area contributed by atoms with Gasteiger partial charge in [0.2, 0.25) is 0 Å². The van der Waals surface area contributed by atoms with Gasteiger partial charge in [-0.1, -0.05) is 18.6 Å². The third kappa shape index (κ3) is 1.33. The van der Waals surface area contributed by atoms with Gasteiger partial charge in [0.05, 0.1) is 0 Å². The Morgan fingerprint density at radius 3 is 2.57 bits per heavy atom. The third-order valence-electron chi connectivity index (χ3n) is 4.80. The van der Waals surface area contributed by atoms with Crippen LogP contribution in [0.3, 0.4) is 0 Å². The van der Waals surface area contributed by atoms with Gasteiger partial charge in [-0.3, -0.25) is 0 Å². The Kier molecular flexibility index (Phi) is 1.98. The van der Waals surface area contributed by atoms with E-state index >= 15 is 0 Å². The summed E-state index contributed by atoms with van der Waals surface area (Å²) in [4.78, 5) is 0. The fourth-order valence-corrected chi connectivity index (χ4v) is 4.11. The number of fused-ring (bicyclic) bond motifs is 2. The molecule has 0 amide bonds. The molecule has 3 unspecified atom stereocenters. The monoisotopic (exact) mass is 191 g/mol. The first-order chi connectivity index (χ1) is 6.76. The standard InChI is InChI=1S/C13H21N/c14-13(8-10-3-1-2-4-10)9-11-5-6-12(13)7-11/h1-2,10-12H,3-9,14H2. The molecule has 0 saturated heterocycles. The summed E-state index contributed by atoms with van der Waals surface area (Å²) in [6.45, 7) is 0. The van der Waals surface area contributed by atoms with E-state index in [1.165, 1.54) is 44.9 Å². The molecule has 3 atom stereocenters. The number of hydrogen-bond donors (Lipinski definition) is 1. The number of nitrogens with two attached hydrogens (primary N) is 1. The highest BCUT2D eigenvalue weighted by molar-refractivity contribution is 5.07. The van der Waals surface area contributed by atoms with Crippen molar-refractivity contribution >= 4 is 0 Å². The molecule has 0 heterocycles. The van der Waals surface area contributed by atoms with Crippen LogP contribution in [0, 0.1) is 17.8 Å². The van der Waals surface area contributed by atoms with Gasteiger partial charge < -0.3 is 5.73 Å². The van der Waals surface area contributed by atoms with Gasteiger partial charge >= 0.3 is 0 Å². The molecule has 2 N–H and O–H groups in total. The van der Waals surface area contributed by atoms with Crippen LogP contribution in [-0.2, 0) is 0 Å². The summed E-state index contributed by atoms with van der Waals surface area (Å²) < 4.78 is 0. The van der Waals surface area contributed by atoms with Gasteiger partial charge in [-0.2, -0.15) is 0 Å². The minimum Gasteiger partial charge on any atom is -0.325 e. The molecule has 0 spiro atoms. The van der Waals surface area contributed by atoms with E-state index in [2.05, 4.69) is 12.2 Å². The molecule has 2 bridgehead atoms. The van der Waals surface area contributed by atoms with Crippen molar-refractivity contribution in [2.45, 2.75) is 50.5 Å². The average Bonchev–Trinajstić information content (AvgIpc) is 2.78. The Morgan fingerprint density at radius 2 is 2.00 bits per heavy atom. The summed E-state index contributed by atoms with van der Waals surface area (Å²) in [5, 5.41) is 0. The molecule has 14 heavy (non-hydrogen) atoms. The van der Waals surface area contributed by atoms with Gasteiger partial charge in [0, 0.05) is 5.54 Å². The molecule has 2 saturated carbocycles. The van der Waals surface area contributed by atoms with Crippen molar-refractivity contribution in [3.63, 3.8) is 0 Å². The maximum Gasteiger partial charge on any atom is 0.0188 e. The predicted molar refractivity (Wildman–Crippen MR) is 58.8 cm³/mol. The van der Waals surface area contributed by atoms with E-state index in [1.807, 2.05) is 0 Å². The summed E-state index contributed by atoms with van der Waals surface area (Å²) in [6.07, 6.45) is 14.2. The van der Waals surface area contributed by atoms with Crippen molar-refractivity contribution in [2.24, 2.45) is 23.5 Å². The van der Waals surface area contributed by atoms with Crippen molar-refractivity contribution in [2.75, 3.05) is 0 Å². The van der Waals surface area contributed by atoms with Gasteiger partial charge in [-0.15, -0.1) is 0 Å². The van der Waals surface area contributed by atoms with Crippen LogP contribution in [0.2, 0.25) is 0 Å². The Balaban J connectivity index is 1.66. The molecule has 0 aromatic heterocycles. The van der Waals surface area contributed by atoms with Gasteiger partial charge in [-0.05, 0) is 56.3 Å². The lowest BCUT2D eigenvalue weighted by molar-refractivity contribution is 0.219. The van der Waals surface area contributed by atoms with Gasteiger partial charge in [0.15, 0.2) is 0 Å². The topological polar surface area (TPSA) is 26.0 Å². The van der Waals surface area contributed by atoms with Crippen LogP contribution < -0.4 is 5.73 Å². The molecule has 1 heteroatoms. The van der Waals surface area contributed by atoms with Crippen molar-refractivity contribution in [3.05, 3.63) is 12.2 Å². The quantitative estimate of drug-likeness (QED) is 0.667. The molecule has 0 aromatic carbocycles. The van der Waals surface area contributed by atoms with Crippen LogP contribution >= 0.6 is 0 Å². The first-order valence-electron chi connectivity index (χ1n) is 6.20. The first-order valence-corrected chi connectivity index (χ1v) is 6.20. The zero-order valence-electron chi connectivity index (χ0n) is 8.91. The van der Waals surface area contributed by atoms with Crippen molar-refractivity contribution in [1.82, 2.24) is 0 Å². The van der Waals surface area contributed by atoms with Crippen LogP contribution in [0.5, 0.6) is 0 Å². The minimum absolute atomic E-state index is 0.236. The molecular weight excluding hydrogens is 170 g/mol. The molecule has 2 fully saturated rings. The molecule has 0 aromatic rings. The highest BCUT2D eigenvalue weighted by Crippen LogP contribution is 2.52. The zero-order chi connectivity index (χ0) is 9.60. The highest BCUT2D eigenvalue weighted by Gasteiger charge is 2.48. The van der Waals surface area contributed by atoms with Gasteiger partial charge in [0.25, 0.3) is 0 Å². The van der Waals surface area contributed by atoms with Crippen LogP contribution in [0.4, 0.5) is 0 Å². The van der Waals surface area contributed by atoms with Gasteiger partial charge in [-0.25, -0.2) is 0 Å². The largest absolute Gasteiger partial charge is 0.325 e. The Labute approximate surface area is 86.8 Å². The Bertz CT molecular complexity index is 250. The molecule has 1 nitrogen and oxygen atoms in total. The molecular formula is C13H21N. The lowest BCUT2D eigenvalue weighted by atomic mass is 9.75. The second-order valence-electron chi connectivity index (χ2n) is 5.83. The van der Waals surface area contributed by atoms with Crippen LogP contribution in [0.15, 0.2) is 12.2 Å². The van der Waals surface area contributed by atoms with E-state index in [9.17, 15) is 0 Å². The maximum atomic E-state index is 6.60. The zero-order valence-corrected chi connectivity index (χ0v) is 8.91. The number of hydrogen-bond acceptors (Lipinski definition) is 1. The van der Waals surface area contributed by atoms with E-state index in [1.54, 1.807) is 0 Å². The van der Waals surface area contributed by atoms with Gasteiger partial charge in [0.1, 0.15) is 0 Å². The summed E-state index contributed by atoms with van der Waals surface area (Å²) in [5.41, 5.74) is 6.83. The average molecular weight is 191 g/mol. The Morgan fingerprint density at radius 1 is 1.21 bits per heavy atom. The molecule has 78 valence electrons. The molecule has 0 aliphatic heterocycles. The summed E-state index contributed by atoms with van der Waals surface area (Å²) in [7, 11) is 0.